The fourth-order valence-electron chi connectivity index (χ4n) is 4.79. The molecule has 25 heavy (non-hydrogen) atoms. The van der Waals surface area contributed by atoms with E-state index in [1.807, 2.05) is 0 Å². The van der Waals surface area contributed by atoms with E-state index in [4.69, 9.17) is 0 Å². The van der Waals surface area contributed by atoms with Crippen molar-refractivity contribution < 1.29 is 4.79 Å². The number of thiophene rings is 1. The number of nitrogens with one attached hydrogen (secondary N) is 1. The van der Waals surface area contributed by atoms with Gasteiger partial charge in [0, 0.05) is 20.0 Å². The van der Waals surface area contributed by atoms with Gasteiger partial charge in [-0.15, -0.1) is 0 Å². The fraction of sp³-hybridized carbons (Fsp3) is 0.476. The van der Waals surface area contributed by atoms with Crippen LogP contribution >= 0.6 is 11.3 Å². The summed E-state index contributed by atoms with van der Waals surface area (Å²) in [5.74, 6) is 0.534. The van der Waals surface area contributed by atoms with E-state index in [0.29, 0.717) is 12.3 Å². The first-order valence-corrected chi connectivity index (χ1v) is 10.2. The molecule has 0 unspecified atom stereocenters. The Hall–Kier alpha value is -1.65. The third-order valence-electron chi connectivity index (χ3n) is 6.12. The van der Waals surface area contributed by atoms with E-state index in [1.165, 1.54) is 29.5 Å². The van der Waals surface area contributed by atoms with Crippen LogP contribution in [0.25, 0.3) is 0 Å². The Morgan fingerprint density at radius 3 is 2.80 bits per heavy atom. The third kappa shape index (κ3) is 3.25. The highest BCUT2D eigenvalue weighted by Gasteiger charge is 2.45. The van der Waals surface area contributed by atoms with Crippen molar-refractivity contribution >= 4 is 17.2 Å². The second-order valence-electron chi connectivity index (χ2n) is 7.55. The normalized spacial score (nSPS) is 22.0. The minimum atomic E-state index is 0.159. The maximum atomic E-state index is 12.0. The van der Waals surface area contributed by atoms with Crippen LogP contribution in [0, 0.1) is 0 Å². The number of likely N-dealkylation sites (tertiary alicyclic amines) is 1. The highest BCUT2D eigenvalue weighted by molar-refractivity contribution is 7.07. The largest absolute Gasteiger partial charge is 0.359 e. The van der Waals surface area contributed by atoms with Gasteiger partial charge in [-0.2, -0.15) is 11.3 Å². The van der Waals surface area contributed by atoms with Gasteiger partial charge in [0.2, 0.25) is 5.91 Å². The predicted octanol–water partition coefficient (Wildman–Crippen LogP) is 3.91. The quantitative estimate of drug-likeness (QED) is 0.903. The topological polar surface area (TPSA) is 32.3 Å². The third-order valence-corrected chi connectivity index (χ3v) is 6.85. The lowest BCUT2D eigenvalue weighted by Gasteiger charge is -2.40. The molecule has 1 aliphatic carbocycles. The molecular formula is C21H26N2OS. The van der Waals surface area contributed by atoms with E-state index in [-0.39, 0.29) is 11.3 Å². The molecule has 132 valence electrons. The molecule has 2 aromatic rings. The zero-order valence-electron chi connectivity index (χ0n) is 14.8. The molecule has 0 bridgehead atoms. The van der Waals surface area contributed by atoms with Crippen molar-refractivity contribution in [2.45, 2.75) is 43.6 Å². The molecule has 1 N–H and O–H groups in total. The molecule has 1 amide bonds. The maximum Gasteiger partial charge on any atom is 0.220 e. The van der Waals surface area contributed by atoms with Crippen molar-refractivity contribution in [3.05, 3.63) is 57.8 Å². The summed E-state index contributed by atoms with van der Waals surface area (Å²) in [6, 6.07) is 11.1. The van der Waals surface area contributed by atoms with Crippen molar-refractivity contribution in [1.82, 2.24) is 10.2 Å². The van der Waals surface area contributed by atoms with E-state index in [1.54, 1.807) is 18.4 Å². The van der Waals surface area contributed by atoms with Crippen molar-refractivity contribution in [1.29, 1.82) is 0 Å². The minimum Gasteiger partial charge on any atom is -0.359 e. The Kier molecular flexibility index (Phi) is 4.65. The Balaban J connectivity index is 1.50. The molecule has 2 heterocycles. The molecule has 1 saturated heterocycles. The van der Waals surface area contributed by atoms with Crippen LogP contribution in [0.2, 0.25) is 0 Å². The van der Waals surface area contributed by atoms with Gasteiger partial charge >= 0.3 is 0 Å². The average molecular weight is 355 g/mol. The second kappa shape index (κ2) is 6.93. The molecule has 1 aromatic carbocycles. The highest BCUT2D eigenvalue weighted by Crippen LogP contribution is 2.52. The molecule has 1 atom stereocenters. The molecule has 1 aromatic heterocycles. The number of carbonyl (C=O) groups excluding carboxylic acids is 1. The lowest BCUT2D eigenvalue weighted by molar-refractivity contribution is -0.121. The standard InChI is InChI=1S/C21H26N2OS/c1-22-20(24)12-17-13-21(19-5-3-2-4-18(17)19)7-9-23(10-8-21)14-16-6-11-25-15-16/h2-6,11,15,17H,7-10,12-14H2,1H3,(H,22,24)/t17-/m1/s1. The highest BCUT2D eigenvalue weighted by atomic mass is 32.1. The summed E-state index contributed by atoms with van der Waals surface area (Å²) in [6.45, 7) is 3.37. The molecule has 4 rings (SSSR count). The smallest absolute Gasteiger partial charge is 0.220 e. The van der Waals surface area contributed by atoms with Crippen molar-refractivity contribution in [3.8, 4) is 0 Å². The van der Waals surface area contributed by atoms with Crippen LogP contribution < -0.4 is 5.32 Å². The van der Waals surface area contributed by atoms with Crippen LogP contribution in [-0.4, -0.2) is 30.9 Å². The van der Waals surface area contributed by atoms with Crippen LogP contribution in [0.3, 0.4) is 0 Å². The molecule has 1 spiro atoms. The first-order valence-electron chi connectivity index (χ1n) is 9.24. The van der Waals surface area contributed by atoms with Crippen molar-refractivity contribution in [2.75, 3.05) is 20.1 Å². The van der Waals surface area contributed by atoms with E-state index in [0.717, 1.165) is 26.1 Å². The number of benzene rings is 1. The van der Waals surface area contributed by atoms with Gasteiger partial charge in [0.15, 0.2) is 0 Å². The van der Waals surface area contributed by atoms with E-state index >= 15 is 0 Å². The number of amides is 1. The molecule has 0 radical (unpaired) electrons. The summed E-state index contributed by atoms with van der Waals surface area (Å²) in [5.41, 5.74) is 4.64. The van der Waals surface area contributed by atoms with Crippen LogP contribution in [-0.2, 0) is 16.8 Å². The Morgan fingerprint density at radius 1 is 1.28 bits per heavy atom. The molecular weight excluding hydrogens is 328 g/mol. The first-order chi connectivity index (χ1) is 12.2. The number of hydrogen-bond acceptors (Lipinski definition) is 3. The summed E-state index contributed by atoms with van der Waals surface area (Å²) in [5, 5.41) is 7.22. The van der Waals surface area contributed by atoms with E-state index in [2.05, 4.69) is 51.3 Å². The van der Waals surface area contributed by atoms with Gasteiger partial charge in [-0.05, 0) is 77.2 Å². The number of hydrogen-bond donors (Lipinski definition) is 1. The zero-order chi connectivity index (χ0) is 17.3. The summed E-state index contributed by atoms with van der Waals surface area (Å²) in [6.07, 6.45) is 4.16. The van der Waals surface area contributed by atoms with Gasteiger partial charge in [-0.3, -0.25) is 9.69 Å². The molecule has 0 saturated carbocycles. The number of carbonyl (C=O) groups is 1. The Bertz CT molecular complexity index is 732. The lowest BCUT2D eigenvalue weighted by atomic mass is 9.73. The molecule has 3 nitrogen and oxygen atoms in total. The summed E-state index contributed by atoms with van der Waals surface area (Å²) in [4.78, 5) is 14.5. The fourth-order valence-corrected chi connectivity index (χ4v) is 5.45. The minimum absolute atomic E-state index is 0.159. The SMILES string of the molecule is CNC(=O)C[C@@H]1CC2(CCN(Cc3ccsc3)CC2)c2ccccc21. The number of nitrogens with zero attached hydrogens (tertiary/aromatic N) is 1. The summed E-state index contributed by atoms with van der Waals surface area (Å²) < 4.78 is 0. The number of rotatable bonds is 4. The van der Waals surface area contributed by atoms with Gasteiger partial charge in [-0.25, -0.2) is 0 Å². The molecule has 1 fully saturated rings. The molecule has 2 aliphatic rings. The van der Waals surface area contributed by atoms with Gasteiger partial charge in [0.25, 0.3) is 0 Å². The van der Waals surface area contributed by atoms with Gasteiger partial charge in [0.05, 0.1) is 0 Å². The van der Waals surface area contributed by atoms with E-state index < -0.39 is 0 Å². The summed E-state index contributed by atoms with van der Waals surface area (Å²) >= 11 is 1.78. The lowest BCUT2D eigenvalue weighted by Crippen LogP contribution is -2.41. The number of piperidine rings is 1. The van der Waals surface area contributed by atoms with Crippen LogP contribution in [0.4, 0.5) is 0 Å². The Labute approximate surface area is 154 Å². The van der Waals surface area contributed by atoms with Crippen molar-refractivity contribution in [3.63, 3.8) is 0 Å². The zero-order valence-corrected chi connectivity index (χ0v) is 15.6. The molecule has 4 heteroatoms. The van der Waals surface area contributed by atoms with Crippen LogP contribution in [0.15, 0.2) is 41.1 Å². The average Bonchev–Trinajstić information content (AvgIpc) is 3.25. The summed E-state index contributed by atoms with van der Waals surface area (Å²) in [7, 11) is 1.74. The Morgan fingerprint density at radius 2 is 2.08 bits per heavy atom. The number of fused-ring (bicyclic) bond motifs is 2. The van der Waals surface area contributed by atoms with Gasteiger partial charge < -0.3 is 5.32 Å². The molecule has 1 aliphatic heterocycles. The van der Waals surface area contributed by atoms with Gasteiger partial charge in [-0.1, -0.05) is 24.3 Å². The first kappa shape index (κ1) is 16.8. The monoisotopic (exact) mass is 354 g/mol. The predicted molar refractivity (Wildman–Crippen MR) is 103 cm³/mol. The van der Waals surface area contributed by atoms with Gasteiger partial charge in [0.1, 0.15) is 0 Å². The van der Waals surface area contributed by atoms with Crippen molar-refractivity contribution in [2.24, 2.45) is 0 Å². The second-order valence-corrected chi connectivity index (χ2v) is 8.33. The van der Waals surface area contributed by atoms with Crippen LogP contribution in [0.5, 0.6) is 0 Å². The maximum absolute atomic E-state index is 12.0. The van der Waals surface area contributed by atoms with Crippen LogP contribution in [0.1, 0.15) is 48.3 Å². The van der Waals surface area contributed by atoms with E-state index in [9.17, 15) is 4.79 Å².